The summed E-state index contributed by atoms with van der Waals surface area (Å²) in [5.41, 5.74) is 5.85. The molecule has 0 spiro atoms. The number of anilines is 1. The minimum atomic E-state index is -0.112. The molecule has 0 saturated carbocycles. The zero-order valence-electron chi connectivity index (χ0n) is 14.8. The van der Waals surface area contributed by atoms with Gasteiger partial charge in [-0.3, -0.25) is 0 Å². The van der Waals surface area contributed by atoms with Crippen molar-refractivity contribution < 1.29 is 0 Å². The van der Waals surface area contributed by atoms with Crippen LogP contribution in [0.5, 0.6) is 0 Å². The first kappa shape index (κ1) is 17.0. The highest BCUT2D eigenvalue weighted by molar-refractivity contribution is 5.48. The lowest BCUT2D eigenvalue weighted by atomic mass is 9.76. The predicted octanol–water partition coefficient (Wildman–Crippen LogP) is 5.47. The van der Waals surface area contributed by atoms with Crippen LogP contribution >= 0.6 is 0 Å². The summed E-state index contributed by atoms with van der Waals surface area (Å²) >= 11 is 0. The van der Waals surface area contributed by atoms with Gasteiger partial charge in [0.15, 0.2) is 0 Å². The maximum Gasteiger partial charge on any atom is 0.132 e. The van der Waals surface area contributed by atoms with E-state index < -0.39 is 0 Å². The lowest BCUT2D eigenvalue weighted by Crippen LogP contribution is -2.20. The first-order valence-corrected chi connectivity index (χ1v) is 7.94. The van der Waals surface area contributed by atoms with Crippen molar-refractivity contribution in [2.24, 2.45) is 0 Å². The Kier molecular flexibility index (Phi) is 5.05. The average Bonchev–Trinajstić information content (AvgIpc) is 2.49. The molecule has 120 valence electrons. The van der Waals surface area contributed by atoms with Crippen molar-refractivity contribution >= 4 is 5.82 Å². The molecule has 0 unspecified atom stereocenters. The molecule has 0 radical (unpaired) electrons. The molecule has 1 aromatic carbocycles. The third kappa shape index (κ3) is 3.89. The summed E-state index contributed by atoms with van der Waals surface area (Å²) in [5, 5.41) is 3.26. The van der Waals surface area contributed by atoms with E-state index in [1.54, 1.807) is 0 Å². The minimum Gasteiger partial charge on any atom is -0.346 e. The lowest BCUT2D eigenvalue weighted by molar-refractivity contribution is 0.637. The highest BCUT2D eigenvalue weighted by Crippen LogP contribution is 2.33. The Hall–Kier alpha value is -2.35. The normalized spacial score (nSPS) is 11.7. The smallest absolute Gasteiger partial charge is 0.132 e. The number of nitrogens with one attached hydrogen (secondary N) is 1. The van der Waals surface area contributed by atoms with Crippen molar-refractivity contribution in [2.45, 2.75) is 40.0 Å². The van der Waals surface area contributed by atoms with Crippen LogP contribution in [-0.4, -0.2) is 4.98 Å². The molecule has 0 aliphatic heterocycles. The fraction of sp³-hybridized carbons (Fsp3) is 0.286. The molecule has 2 nitrogen and oxygen atoms in total. The van der Waals surface area contributed by atoms with Gasteiger partial charge in [-0.2, -0.15) is 0 Å². The van der Waals surface area contributed by atoms with Gasteiger partial charge in [0.25, 0.3) is 0 Å². The number of rotatable bonds is 5. The molecule has 0 atom stereocenters. The molecule has 1 heterocycles. The Morgan fingerprint density at radius 1 is 1.13 bits per heavy atom. The van der Waals surface area contributed by atoms with Crippen LogP contribution in [0.2, 0.25) is 0 Å². The second kappa shape index (κ2) is 6.82. The van der Waals surface area contributed by atoms with Gasteiger partial charge in [-0.05, 0) is 54.7 Å². The van der Waals surface area contributed by atoms with Crippen LogP contribution in [0, 0.1) is 20.8 Å². The number of aromatic nitrogens is 1. The summed E-state index contributed by atoms with van der Waals surface area (Å²) in [4.78, 5) is 4.42. The molecular formula is C21H26N2. The predicted molar refractivity (Wildman–Crippen MR) is 99.8 cm³/mol. The summed E-state index contributed by atoms with van der Waals surface area (Å²) in [5.74, 6) is 0.883. The van der Waals surface area contributed by atoms with E-state index in [-0.39, 0.29) is 5.41 Å². The molecule has 0 bridgehead atoms. The number of aryl methyl sites for hydroxylation is 3. The number of hydrogen-bond donors (Lipinski definition) is 1. The molecule has 0 aliphatic rings. The van der Waals surface area contributed by atoms with Gasteiger partial charge in [-0.15, -0.1) is 0 Å². The molecule has 2 rings (SSSR count). The average molecular weight is 306 g/mol. The Morgan fingerprint density at radius 3 is 2.48 bits per heavy atom. The zero-order chi connectivity index (χ0) is 17.0. The maximum atomic E-state index is 4.42. The van der Waals surface area contributed by atoms with Gasteiger partial charge >= 0.3 is 0 Å². The number of pyridine rings is 1. The van der Waals surface area contributed by atoms with E-state index in [2.05, 4.69) is 74.9 Å². The van der Waals surface area contributed by atoms with E-state index in [0.29, 0.717) is 0 Å². The molecule has 0 aliphatic carbocycles. The van der Waals surface area contributed by atoms with Crippen molar-refractivity contribution in [3.05, 3.63) is 83.2 Å². The molecule has 1 N–H and O–H groups in total. The van der Waals surface area contributed by atoms with Gasteiger partial charge in [0, 0.05) is 17.8 Å². The third-order valence-electron chi connectivity index (χ3n) is 4.34. The van der Waals surface area contributed by atoms with E-state index in [0.717, 1.165) is 17.0 Å². The molecule has 2 aromatic rings. The van der Waals surface area contributed by atoms with Gasteiger partial charge in [-0.1, -0.05) is 50.8 Å². The van der Waals surface area contributed by atoms with Gasteiger partial charge in [0.1, 0.15) is 5.82 Å². The van der Waals surface area contributed by atoms with Crippen LogP contribution in [0.1, 0.15) is 36.1 Å². The highest BCUT2D eigenvalue weighted by atomic mass is 15.0. The Labute approximate surface area is 140 Å². The Morgan fingerprint density at radius 2 is 1.83 bits per heavy atom. The summed E-state index contributed by atoms with van der Waals surface area (Å²) in [6.45, 7) is 14.9. The van der Waals surface area contributed by atoms with Crippen LogP contribution in [0.25, 0.3) is 0 Å². The zero-order valence-corrected chi connectivity index (χ0v) is 14.8. The van der Waals surface area contributed by atoms with E-state index >= 15 is 0 Å². The largest absolute Gasteiger partial charge is 0.346 e. The molecule has 1 aromatic heterocycles. The quantitative estimate of drug-likeness (QED) is 0.741. The van der Waals surface area contributed by atoms with Crippen molar-refractivity contribution in [2.75, 3.05) is 5.32 Å². The fourth-order valence-electron chi connectivity index (χ4n) is 2.74. The summed E-state index contributed by atoms with van der Waals surface area (Å²) in [6, 6.07) is 10.6. The molecule has 0 amide bonds. The lowest BCUT2D eigenvalue weighted by Gasteiger charge is -2.28. The first-order valence-electron chi connectivity index (χ1n) is 7.94. The van der Waals surface area contributed by atoms with Gasteiger partial charge in [0.2, 0.25) is 0 Å². The van der Waals surface area contributed by atoms with E-state index in [9.17, 15) is 0 Å². The van der Waals surface area contributed by atoms with Gasteiger partial charge < -0.3 is 5.32 Å². The Bertz CT molecular complexity index is 739. The van der Waals surface area contributed by atoms with E-state index in [1.165, 1.54) is 16.7 Å². The van der Waals surface area contributed by atoms with Crippen LogP contribution in [0.3, 0.4) is 0 Å². The molecule has 23 heavy (non-hydrogen) atoms. The van der Waals surface area contributed by atoms with E-state index in [1.807, 2.05) is 25.4 Å². The summed E-state index contributed by atoms with van der Waals surface area (Å²) in [7, 11) is 0. The topological polar surface area (TPSA) is 24.9 Å². The number of nitrogens with zero attached hydrogens (tertiary/aromatic N) is 1. The van der Waals surface area contributed by atoms with Gasteiger partial charge in [0.05, 0.1) is 0 Å². The van der Waals surface area contributed by atoms with Crippen molar-refractivity contribution in [3.63, 3.8) is 0 Å². The van der Waals surface area contributed by atoms with Crippen molar-refractivity contribution in [3.8, 4) is 0 Å². The van der Waals surface area contributed by atoms with Crippen LogP contribution in [0.15, 0.2) is 61.0 Å². The number of allylic oxidation sites excluding steroid dienone is 2. The van der Waals surface area contributed by atoms with E-state index in [4.69, 9.17) is 0 Å². The maximum absolute atomic E-state index is 4.42. The standard InChI is InChI=1S/C21H26N2/c1-15-13-17(3)20(23-14-15)22-12-11-18(4)21(5,6)19-10-8-7-9-16(19)2/h7-14H,4H2,1-3,5-6H3,(H,22,23). The van der Waals surface area contributed by atoms with Crippen molar-refractivity contribution in [1.82, 2.24) is 4.98 Å². The first-order chi connectivity index (χ1) is 10.8. The van der Waals surface area contributed by atoms with Crippen LogP contribution in [0.4, 0.5) is 5.82 Å². The minimum absolute atomic E-state index is 0.112. The van der Waals surface area contributed by atoms with Crippen molar-refractivity contribution in [1.29, 1.82) is 0 Å². The molecule has 0 fully saturated rings. The second-order valence-electron chi connectivity index (χ2n) is 6.62. The SMILES string of the molecule is C=C(C=CNc1ncc(C)cc1C)C(C)(C)c1ccccc1C. The van der Waals surface area contributed by atoms with Gasteiger partial charge in [-0.25, -0.2) is 4.98 Å². The number of hydrogen-bond acceptors (Lipinski definition) is 2. The number of benzene rings is 1. The summed E-state index contributed by atoms with van der Waals surface area (Å²) < 4.78 is 0. The molecule has 0 saturated heterocycles. The Balaban J connectivity index is 2.13. The molecular weight excluding hydrogens is 280 g/mol. The fourth-order valence-corrected chi connectivity index (χ4v) is 2.74. The van der Waals surface area contributed by atoms with Crippen LogP contribution < -0.4 is 5.32 Å². The second-order valence-corrected chi connectivity index (χ2v) is 6.62. The highest BCUT2D eigenvalue weighted by Gasteiger charge is 2.24. The molecule has 2 heteroatoms. The summed E-state index contributed by atoms with van der Waals surface area (Å²) in [6.07, 6.45) is 5.83. The third-order valence-corrected chi connectivity index (χ3v) is 4.34. The van der Waals surface area contributed by atoms with Crippen LogP contribution in [-0.2, 0) is 5.41 Å². The monoisotopic (exact) mass is 306 g/mol.